The van der Waals surface area contributed by atoms with Crippen molar-refractivity contribution in [2.75, 3.05) is 13.7 Å². The van der Waals surface area contributed by atoms with Crippen LogP contribution in [0.5, 0.6) is 5.75 Å². The maximum absolute atomic E-state index is 12.1. The zero-order valence-electron chi connectivity index (χ0n) is 11.8. The molecular weight excluding hydrogens is 399 g/mol. The van der Waals surface area contributed by atoms with E-state index in [2.05, 4.69) is 22.6 Å². The largest absolute Gasteiger partial charge is 0.497 e. The van der Waals surface area contributed by atoms with E-state index in [1.807, 2.05) is 36.4 Å². The molecule has 0 saturated heterocycles. The zero-order valence-corrected chi connectivity index (χ0v) is 14.7. The Kier molecular flexibility index (Phi) is 5.93. The summed E-state index contributed by atoms with van der Waals surface area (Å²) in [4.78, 5) is 14.0. The Labute approximate surface area is 142 Å². The summed E-state index contributed by atoms with van der Waals surface area (Å²) < 4.78 is 11.5. The molecule has 2 rings (SSSR count). The van der Waals surface area contributed by atoms with Crippen LogP contribution in [0.4, 0.5) is 0 Å². The monoisotopic (exact) mass is 414 g/mol. The van der Waals surface area contributed by atoms with Crippen molar-refractivity contribution < 1.29 is 14.3 Å². The molecule has 0 saturated carbocycles. The molecule has 0 spiro atoms. The van der Waals surface area contributed by atoms with Crippen molar-refractivity contribution in [1.29, 1.82) is 0 Å². The van der Waals surface area contributed by atoms with E-state index < -0.39 is 0 Å². The summed E-state index contributed by atoms with van der Waals surface area (Å²) in [6.07, 6.45) is 0. The molecule has 0 atom stereocenters. The quantitative estimate of drug-likeness (QED) is 0.528. The molecule has 0 aliphatic rings. The second-order valence-electron chi connectivity index (χ2n) is 4.14. The number of rotatable bonds is 5. The lowest BCUT2D eigenvalue weighted by molar-refractivity contribution is 0.0522. The van der Waals surface area contributed by atoms with Gasteiger partial charge >= 0.3 is 5.97 Å². The van der Waals surface area contributed by atoms with Crippen LogP contribution in [0.15, 0.2) is 52.3 Å². The molecule has 0 fully saturated rings. The van der Waals surface area contributed by atoms with Crippen molar-refractivity contribution in [3.8, 4) is 5.75 Å². The van der Waals surface area contributed by atoms with Gasteiger partial charge < -0.3 is 9.47 Å². The van der Waals surface area contributed by atoms with Gasteiger partial charge in [-0.2, -0.15) is 0 Å². The number of hydrogen-bond acceptors (Lipinski definition) is 4. The number of halogens is 1. The maximum atomic E-state index is 12.1. The fourth-order valence-electron chi connectivity index (χ4n) is 1.72. The minimum absolute atomic E-state index is 0.329. The minimum atomic E-state index is -0.329. The summed E-state index contributed by atoms with van der Waals surface area (Å²) in [6.45, 7) is 2.15. The average molecular weight is 414 g/mol. The Morgan fingerprint density at radius 2 is 1.90 bits per heavy atom. The molecule has 0 unspecified atom stereocenters. The second-order valence-corrected chi connectivity index (χ2v) is 6.50. The zero-order chi connectivity index (χ0) is 15.2. The molecule has 2 aromatic carbocycles. The fourth-order valence-corrected chi connectivity index (χ4v) is 3.00. The van der Waals surface area contributed by atoms with Crippen LogP contribution < -0.4 is 4.74 Å². The Bertz CT molecular complexity index is 626. The molecule has 0 aliphatic carbocycles. The van der Waals surface area contributed by atoms with E-state index in [9.17, 15) is 4.79 Å². The first kappa shape index (κ1) is 16.2. The lowest BCUT2D eigenvalue weighted by Crippen LogP contribution is -2.06. The third-order valence-electron chi connectivity index (χ3n) is 2.72. The Morgan fingerprint density at radius 3 is 2.52 bits per heavy atom. The second kappa shape index (κ2) is 7.70. The summed E-state index contributed by atoms with van der Waals surface area (Å²) in [7, 11) is 1.58. The summed E-state index contributed by atoms with van der Waals surface area (Å²) >= 11 is 3.80. The van der Waals surface area contributed by atoms with Gasteiger partial charge in [0, 0.05) is 13.4 Å². The highest BCUT2D eigenvalue weighted by Gasteiger charge is 2.15. The molecule has 0 aliphatic heterocycles. The van der Waals surface area contributed by atoms with Gasteiger partial charge in [-0.25, -0.2) is 4.79 Å². The van der Waals surface area contributed by atoms with E-state index in [0.717, 1.165) is 9.79 Å². The van der Waals surface area contributed by atoms with E-state index >= 15 is 0 Å². The first-order chi connectivity index (χ1) is 10.1. The van der Waals surface area contributed by atoms with Gasteiger partial charge in [0.05, 0.1) is 19.3 Å². The van der Waals surface area contributed by atoms with Crippen molar-refractivity contribution >= 4 is 40.3 Å². The standard InChI is InChI=1S/C16H15IO3S/c1-3-20-16(18)14-10-12(19-2)6-9-15(14)21-13-7-4-11(17)5-8-13/h4-10H,3H2,1-2H3. The van der Waals surface area contributed by atoms with E-state index in [1.165, 1.54) is 15.3 Å². The van der Waals surface area contributed by atoms with Crippen molar-refractivity contribution in [2.24, 2.45) is 0 Å². The number of carbonyl (C=O) groups is 1. The highest BCUT2D eigenvalue weighted by atomic mass is 127. The normalized spacial score (nSPS) is 10.2. The molecule has 2 aromatic rings. The molecular formula is C16H15IO3S. The van der Waals surface area contributed by atoms with Crippen LogP contribution in [-0.4, -0.2) is 19.7 Å². The average Bonchev–Trinajstić information content (AvgIpc) is 2.50. The molecule has 3 nitrogen and oxygen atoms in total. The van der Waals surface area contributed by atoms with Crippen LogP contribution in [-0.2, 0) is 4.74 Å². The van der Waals surface area contributed by atoms with Gasteiger partial charge in [-0.15, -0.1) is 0 Å². The number of carbonyl (C=O) groups excluding carboxylic acids is 1. The van der Waals surface area contributed by atoms with Crippen molar-refractivity contribution in [3.63, 3.8) is 0 Å². The van der Waals surface area contributed by atoms with Crippen LogP contribution in [0.3, 0.4) is 0 Å². The lowest BCUT2D eigenvalue weighted by atomic mass is 10.2. The highest BCUT2D eigenvalue weighted by Crippen LogP contribution is 2.33. The van der Waals surface area contributed by atoms with Crippen molar-refractivity contribution in [2.45, 2.75) is 16.7 Å². The van der Waals surface area contributed by atoms with Crippen LogP contribution in [0.25, 0.3) is 0 Å². The molecule has 0 aromatic heterocycles. The maximum Gasteiger partial charge on any atom is 0.339 e. The van der Waals surface area contributed by atoms with Gasteiger partial charge in [-0.05, 0) is 72.0 Å². The number of methoxy groups -OCH3 is 1. The first-order valence-electron chi connectivity index (χ1n) is 6.42. The minimum Gasteiger partial charge on any atom is -0.497 e. The number of hydrogen-bond donors (Lipinski definition) is 0. The molecule has 0 heterocycles. The first-order valence-corrected chi connectivity index (χ1v) is 8.32. The van der Waals surface area contributed by atoms with E-state index in [-0.39, 0.29) is 5.97 Å². The summed E-state index contributed by atoms with van der Waals surface area (Å²) in [5, 5.41) is 0. The summed E-state index contributed by atoms with van der Waals surface area (Å²) in [5.41, 5.74) is 0.528. The number of benzene rings is 2. The predicted molar refractivity (Wildman–Crippen MR) is 92.2 cm³/mol. The molecule has 0 amide bonds. The predicted octanol–water partition coefficient (Wildman–Crippen LogP) is 4.63. The molecule has 0 radical (unpaired) electrons. The topological polar surface area (TPSA) is 35.5 Å². The van der Waals surface area contributed by atoms with Gasteiger partial charge in [0.2, 0.25) is 0 Å². The molecule has 21 heavy (non-hydrogen) atoms. The van der Waals surface area contributed by atoms with Gasteiger partial charge in [-0.1, -0.05) is 11.8 Å². The Morgan fingerprint density at radius 1 is 1.19 bits per heavy atom. The van der Waals surface area contributed by atoms with E-state index in [1.54, 1.807) is 20.1 Å². The highest BCUT2D eigenvalue weighted by molar-refractivity contribution is 14.1. The van der Waals surface area contributed by atoms with Crippen molar-refractivity contribution in [3.05, 3.63) is 51.6 Å². The van der Waals surface area contributed by atoms with Gasteiger partial charge in [-0.3, -0.25) is 0 Å². The van der Waals surface area contributed by atoms with E-state index in [4.69, 9.17) is 9.47 Å². The van der Waals surface area contributed by atoms with Crippen molar-refractivity contribution in [1.82, 2.24) is 0 Å². The number of ether oxygens (including phenoxy) is 2. The smallest absolute Gasteiger partial charge is 0.339 e. The lowest BCUT2D eigenvalue weighted by Gasteiger charge is -2.10. The third-order valence-corrected chi connectivity index (χ3v) is 4.53. The Hall–Kier alpha value is -1.21. The molecule has 0 bridgehead atoms. The molecule has 5 heteroatoms. The summed E-state index contributed by atoms with van der Waals surface area (Å²) in [6, 6.07) is 13.6. The van der Waals surface area contributed by atoms with Gasteiger partial charge in [0.15, 0.2) is 0 Å². The summed E-state index contributed by atoms with van der Waals surface area (Å²) in [5.74, 6) is 0.314. The molecule has 0 N–H and O–H groups in total. The SMILES string of the molecule is CCOC(=O)c1cc(OC)ccc1Sc1ccc(I)cc1. The van der Waals surface area contributed by atoms with Crippen LogP contribution >= 0.6 is 34.4 Å². The van der Waals surface area contributed by atoms with Crippen LogP contribution in [0.2, 0.25) is 0 Å². The van der Waals surface area contributed by atoms with Crippen LogP contribution in [0.1, 0.15) is 17.3 Å². The Balaban J connectivity index is 2.33. The van der Waals surface area contributed by atoms with Gasteiger partial charge in [0.1, 0.15) is 5.75 Å². The van der Waals surface area contributed by atoms with E-state index in [0.29, 0.717) is 17.9 Å². The van der Waals surface area contributed by atoms with Gasteiger partial charge in [0.25, 0.3) is 0 Å². The fraction of sp³-hybridized carbons (Fsp3) is 0.188. The third kappa shape index (κ3) is 4.38. The number of esters is 1. The molecule has 110 valence electrons. The van der Waals surface area contributed by atoms with Crippen LogP contribution in [0, 0.1) is 3.57 Å².